The average Bonchev–Trinajstić information content (AvgIpc) is 3.98. The zero-order valence-corrected chi connectivity index (χ0v) is 39.9. The molecule has 0 spiro atoms. The Morgan fingerprint density at radius 2 is 0.970 bits per heavy atom. The fourth-order valence-electron chi connectivity index (χ4n) is 10.8. The Kier molecular flexibility index (Phi) is 18.0. The Balaban J connectivity index is 0.000000141. The number of piperidine rings is 4. The molecule has 0 aliphatic carbocycles. The van der Waals surface area contributed by atoms with Crippen molar-refractivity contribution < 1.29 is 14.9 Å². The highest BCUT2D eigenvalue weighted by Crippen LogP contribution is 2.35. The van der Waals surface area contributed by atoms with E-state index in [2.05, 4.69) is 152 Å². The van der Waals surface area contributed by atoms with Crippen molar-refractivity contribution in [2.24, 2.45) is 11.8 Å². The van der Waals surface area contributed by atoms with Crippen molar-refractivity contribution in [1.82, 2.24) is 30.0 Å². The fourth-order valence-corrected chi connectivity index (χ4v) is 10.8. The van der Waals surface area contributed by atoms with Gasteiger partial charge in [-0.25, -0.2) is 0 Å². The number of hydrogen-bond donors (Lipinski definition) is 5. The number of benzene rings is 4. The predicted molar refractivity (Wildman–Crippen MR) is 272 cm³/mol. The van der Waals surface area contributed by atoms with Crippen molar-refractivity contribution in [3.8, 4) is 0 Å². The van der Waals surface area contributed by atoms with Crippen LogP contribution in [0.2, 0.25) is 0 Å². The molecule has 0 amide bonds. The lowest BCUT2D eigenvalue weighted by Crippen LogP contribution is -2.44. The zero-order chi connectivity index (χ0) is 45.5. The average molecular weight is 895 g/mol. The summed E-state index contributed by atoms with van der Waals surface area (Å²) in [6.45, 7) is 16.6. The van der Waals surface area contributed by atoms with E-state index in [0.717, 1.165) is 90.2 Å². The molecule has 9 heteroatoms. The molecule has 11 rings (SSSR count). The van der Waals surface area contributed by atoms with E-state index in [0.29, 0.717) is 17.9 Å². The Bertz CT molecular complexity index is 2260. The number of epoxide rings is 1. The molecule has 4 aromatic carbocycles. The number of nitrogens with one attached hydrogen (secondary N) is 3. The lowest BCUT2D eigenvalue weighted by molar-refractivity contribution is 0.0245. The number of ether oxygens (including phenoxy) is 1. The second-order valence-electron chi connectivity index (χ2n) is 19.9. The molecule has 5 fully saturated rings. The first kappa shape index (κ1) is 48.1. The molecular formula is C57H78N6O3. The number of rotatable bonds is 10. The maximum Gasteiger partial charge on any atom is 0.0838 e. The van der Waals surface area contributed by atoms with Crippen LogP contribution in [-0.2, 0) is 17.8 Å². The Hall–Kier alpha value is -4.32. The summed E-state index contributed by atoms with van der Waals surface area (Å²) in [4.78, 5) is 14.4. The van der Waals surface area contributed by atoms with E-state index in [1.165, 1.54) is 95.7 Å². The molecule has 5 aliphatic rings. The molecule has 0 saturated carbocycles. The highest BCUT2D eigenvalue weighted by molar-refractivity contribution is 5.84. The summed E-state index contributed by atoms with van der Waals surface area (Å²) in [6.07, 6.45) is 14.4. The second-order valence-corrected chi connectivity index (χ2v) is 19.9. The fraction of sp³-hybridized carbons (Fsp3) is 0.509. The lowest BCUT2D eigenvalue weighted by atomic mass is 9.87. The van der Waals surface area contributed by atoms with Gasteiger partial charge in [-0.15, -0.1) is 0 Å². The topological polar surface area (TPSA) is 106 Å². The monoisotopic (exact) mass is 895 g/mol. The van der Waals surface area contributed by atoms with Gasteiger partial charge in [0.1, 0.15) is 0 Å². The van der Waals surface area contributed by atoms with Gasteiger partial charge < -0.3 is 35.1 Å². The minimum Gasteiger partial charge on any atom is -0.394 e. The van der Waals surface area contributed by atoms with E-state index in [4.69, 9.17) is 9.84 Å². The maximum absolute atomic E-state index is 10.9. The standard InChI is InChI=1S/C27H35N3O.C14H19NO.C13H16N2.C3H8O/c31-27(23-12-16-29(17-13-23)19-21-6-2-1-3-7-21)20-30-14-10-22(11-15-30)25-18-28-26-9-5-4-8-24(25)26;1-2-4-12(5-3-1)10-15-8-6-13(7-9-15)14-11-16-14;1-2-4-13-11(3-1)12(9-15-13)10-5-7-14-8-6-10;1-3(2)4/h1-9,18,22-23,27-28,31H,10-17,19-20H2;1-5,13-14H,6-11H2;1-4,9-10,14-15H,5-8H2;3-4H,1-2H3. The number of aromatic nitrogens is 2. The summed E-state index contributed by atoms with van der Waals surface area (Å²) in [7, 11) is 0. The van der Waals surface area contributed by atoms with Gasteiger partial charge in [0, 0.05) is 59.9 Å². The lowest BCUT2D eigenvalue weighted by Gasteiger charge is -2.38. The first-order valence-electron chi connectivity index (χ1n) is 25.4. The van der Waals surface area contributed by atoms with Crippen molar-refractivity contribution in [2.75, 3.05) is 65.5 Å². The molecule has 5 saturated heterocycles. The SMILES string of the molecule is CC(C)O.OC(CN1CCC(c2c[nH]c3ccccc23)CC1)C1CCN(Cc2ccccc2)CC1.c1ccc(CN2CCC(C3CO3)CC2)cc1.c1ccc2c(C3CCNCC3)c[nH]c2c1. The van der Waals surface area contributed by atoms with Gasteiger partial charge >= 0.3 is 0 Å². The van der Waals surface area contributed by atoms with Crippen LogP contribution in [0, 0.1) is 11.8 Å². The summed E-state index contributed by atoms with van der Waals surface area (Å²) in [5, 5.41) is 25.2. The normalized spacial score (nSPS) is 21.1. The number of H-pyrrole nitrogens is 2. The number of fused-ring (bicyclic) bond motifs is 2. The Labute approximate surface area is 394 Å². The largest absolute Gasteiger partial charge is 0.394 e. The molecule has 2 unspecified atom stereocenters. The van der Waals surface area contributed by atoms with Gasteiger partial charge in [0.2, 0.25) is 0 Å². The maximum atomic E-state index is 10.9. The van der Waals surface area contributed by atoms with Gasteiger partial charge in [-0.05, 0) is 176 Å². The number of hydrogen-bond acceptors (Lipinski definition) is 7. The second kappa shape index (κ2) is 24.6. The molecular weight excluding hydrogens is 817 g/mol. The van der Waals surface area contributed by atoms with Gasteiger partial charge in [-0.2, -0.15) is 0 Å². The minimum atomic E-state index is -0.191. The number of aromatic amines is 2. The van der Waals surface area contributed by atoms with Crippen LogP contribution < -0.4 is 5.32 Å². The quantitative estimate of drug-likeness (QED) is 0.0873. The molecule has 9 nitrogen and oxygen atoms in total. The van der Waals surface area contributed by atoms with Crippen LogP contribution in [0.15, 0.2) is 122 Å². The van der Waals surface area contributed by atoms with E-state index >= 15 is 0 Å². The molecule has 66 heavy (non-hydrogen) atoms. The van der Waals surface area contributed by atoms with Crippen LogP contribution in [0.1, 0.15) is 99.3 Å². The summed E-state index contributed by atoms with van der Waals surface area (Å²) in [5.74, 6) is 2.65. The Morgan fingerprint density at radius 1 is 0.545 bits per heavy atom. The first-order chi connectivity index (χ1) is 32.4. The molecule has 2 aromatic heterocycles. The van der Waals surface area contributed by atoms with Crippen molar-refractivity contribution >= 4 is 21.8 Å². The third-order valence-corrected chi connectivity index (χ3v) is 14.7. The van der Waals surface area contributed by atoms with Crippen LogP contribution in [0.25, 0.3) is 21.8 Å². The van der Waals surface area contributed by atoms with Crippen molar-refractivity contribution in [3.05, 3.63) is 144 Å². The first-order valence-corrected chi connectivity index (χ1v) is 25.4. The number of para-hydroxylation sites is 2. The van der Waals surface area contributed by atoms with Gasteiger partial charge in [0.15, 0.2) is 0 Å². The van der Waals surface area contributed by atoms with E-state index in [1.54, 1.807) is 13.8 Å². The van der Waals surface area contributed by atoms with E-state index in [9.17, 15) is 5.11 Å². The summed E-state index contributed by atoms with van der Waals surface area (Å²) in [5.41, 5.74) is 8.32. The molecule has 5 aliphatic heterocycles. The van der Waals surface area contributed by atoms with Crippen molar-refractivity contribution in [3.63, 3.8) is 0 Å². The minimum absolute atomic E-state index is 0.167. The highest BCUT2D eigenvalue weighted by Gasteiger charge is 2.35. The van der Waals surface area contributed by atoms with Crippen LogP contribution in [0.5, 0.6) is 0 Å². The van der Waals surface area contributed by atoms with Crippen LogP contribution in [0.3, 0.4) is 0 Å². The van der Waals surface area contributed by atoms with Crippen molar-refractivity contribution in [2.45, 2.75) is 108 Å². The number of β-amino-alcohol motifs (C(OH)–C–C–N with tert-alkyl or cyclic N) is 1. The highest BCUT2D eigenvalue weighted by atomic mass is 16.6. The van der Waals surface area contributed by atoms with E-state index < -0.39 is 0 Å². The van der Waals surface area contributed by atoms with Gasteiger partial charge in [0.05, 0.1) is 18.8 Å². The summed E-state index contributed by atoms with van der Waals surface area (Å²) < 4.78 is 5.38. The van der Waals surface area contributed by atoms with E-state index in [1.807, 2.05) is 0 Å². The third kappa shape index (κ3) is 14.1. The number of nitrogens with zero attached hydrogens (tertiary/aromatic N) is 3. The third-order valence-electron chi connectivity index (χ3n) is 14.7. The van der Waals surface area contributed by atoms with Crippen LogP contribution in [0.4, 0.5) is 0 Å². The van der Waals surface area contributed by atoms with E-state index in [-0.39, 0.29) is 12.2 Å². The predicted octanol–water partition coefficient (Wildman–Crippen LogP) is 9.94. The molecule has 0 bridgehead atoms. The molecule has 7 heterocycles. The van der Waals surface area contributed by atoms with Gasteiger partial charge in [-0.1, -0.05) is 97.1 Å². The number of aliphatic hydroxyl groups is 2. The van der Waals surface area contributed by atoms with Crippen molar-refractivity contribution in [1.29, 1.82) is 0 Å². The number of aliphatic hydroxyl groups excluding tert-OH is 2. The van der Waals surface area contributed by atoms with Crippen LogP contribution >= 0.6 is 0 Å². The molecule has 0 radical (unpaired) electrons. The molecule has 354 valence electrons. The summed E-state index contributed by atoms with van der Waals surface area (Å²) in [6, 6.07) is 38.7. The number of likely N-dealkylation sites (tertiary alicyclic amines) is 3. The van der Waals surface area contributed by atoms with Crippen LogP contribution in [-0.4, -0.2) is 119 Å². The molecule has 5 N–H and O–H groups in total. The zero-order valence-electron chi connectivity index (χ0n) is 39.9. The smallest absolute Gasteiger partial charge is 0.0838 e. The molecule has 6 aromatic rings. The van der Waals surface area contributed by atoms with Gasteiger partial charge in [-0.3, -0.25) is 9.80 Å². The Morgan fingerprint density at radius 3 is 1.45 bits per heavy atom. The summed E-state index contributed by atoms with van der Waals surface area (Å²) >= 11 is 0. The molecule has 2 atom stereocenters. The van der Waals surface area contributed by atoms with Gasteiger partial charge in [0.25, 0.3) is 0 Å².